The van der Waals surface area contributed by atoms with Gasteiger partial charge in [0.15, 0.2) is 0 Å². The van der Waals surface area contributed by atoms with Crippen molar-refractivity contribution in [2.45, 2.75) is 64.2 Å². The smallest absolute Gasteiger partial charge is 0.326 e. The molecule has 0 bridgehead atoms. The monoisotopic (exact) mass is 540 g/mol. The number of nitrogens with zero attached hydrogens (tertiary/aromatic N) is 1. The normalized spacial score (nSPS) is 17.8. The summed E-state index contributed by atoms with van der Waals surface area (Å²) in [7, 11) is 0. The number of benzene rings is 1. The van der Waals surface area contributed by atoms with E-state index in [4.69, 9.17) is 11.6 Å². The van der Waals surface area contributed by atoms with Gasteiger partial charge in [-0.05, 0) is 48.5 Å². The number of aliphatic carboxylic acids is 1. The molecule has 1 aliphatic rings. The van der Waals surface area contributed by atoms with Gasteiger partial charge < -0.3 is 21.1 Å². The van der Waals surface area contributed by atoms with Crippen molar-refractivity contribution in [2.24, 2.45) is 5.92 Å². The quantitative estimate of drug-likeness (QED) is 0.269. The van der Waals surface area contributed by atoms with E-state index in [0.717, 1.165) is 12.0 Å². The highest BCUT2D eigenvalue weighted by atomic mass is 35.5. The second kappa shape index (κ2) is 15.1. The van der Waals surface area contributed by atoms with Crippen LogP contribution in [0.5, 0.6) is 0 Å². The Labute approximate surface area is 222 Å². The molecule has 36 heavy (non-hydrogen) atoms. The Morgan fingerprint density at radius 3 is 2.64 bits per heavy atom. The molecule has 1 heterocycles. The van der Waals surface area contributed by atoms with Gasteiger partial charge in [-0.25, -0.2) is 4.79 Å². The largest absolute Gasteiger partial charge is 0.480 e. The first-order valence-electron chi connectivity index (χ1n) is 12.2. The van der Waals surface area contributed by atoms with Crippen molar-refractivity contribution in [3.8, 4) is 0 Å². The van der Waals surface area contributed by atoms with Gasteiger partial charge in [0.1, 0.15) is 12.1 Å². The summed E-state index contributed by atoms with van der Waals surface area (Å²) in [6, 6.07) is 5.52. The van der Waals surface area contributed by atoms with Gasteiger partial charge in [-0.1, -0.05) is 44.0 Å². The van der Waals surface area contributed by atoms with E-state index in [2.05, 4.69) is 16.0 Å². The Kier molecular flexibility index (Phi) is 12.5. The van der Waals surface area contributed by atoms with Gasteiger partial charge in [0.25, 0.3) is 0 Å². The Morgan fingerprint density at radius 1 is 1.31 bits per heavy atom. The van der Waals surface area contributed by atoms with Gasteiger partial charge in [0.2, 0.25) is 17.7 Å². The van der Waals surface area contributed by atoms with E-state index in [1.54, 1.807) is 6.07 Å². The molecule has 4 atom stereocenters. The molecule has 0 aliphatic carbocycles. The van der Waals surface area contributed by atoms with Crippen molar-refractivity contribution < 1.29 is 24.3 Å². The molecule has 0 aromatic heterocycles. The van der Waals surface area contributed by atoms with Gasteiger partial charge in [0.05, 0.1) is 6.54 Å². The molecular weight excluding hydrogens is 504 g/mol. The number of carbonyl (C=O) groups is 4. The number of nitrogens with one attached hydrogen (secondary N) is 3. The molecule has 3 amide bonds. The Morgan fingerprint density at radius 2 is 2.06 bits per heavy atom. The fraction of sp³-hybridized carbons (Fsp3) is 0.600. The van der Waals surface area contributed by atoms with Gasteiger partial charge in [0, 0.05) is 30.6 Å². The third-order valence-electron chi connectivity index (χ3n) is 6.33. The van der Waals surface area contributed by atoms with Crippen molar-refractivity contribution >= 4 is 47.1 Å². The maximum Gasteiger partial charge on any atom is 0.326 e. The predicted octanol–water partition coefficient (Wildman–Crippen LogP) is 2.27. The zero-order chi connectivity index (χ0) is 26.7. The Hall–Kier alpha value is -2.30. The molecule has 0 spiro atoms. The van der Waals surface area contributed by atoms with E-state index in [1.165, 1.54) is 11.8 Å². The Balaban J connectivity index is 2.17. The van der Waals surface area contributed by atoms with E-state index in [1.807, 2.05) is 43.2 Å². The fourth-order valence-corrected chi connectivity index (χ4v) is 4.72. The second-order valence-corrected chi connectivity index (χ2v) is 10.6. The van der Waals surface area contributed by atoms with E-state index >= 15 is 0 Å². The highest BCUT2D eigenvalue weighted by Crippen LogP contribution is 2.16. The molecule has 1 aliphatic heterocycles. The van der Waals surface area contributed by atoms with Crippen LogP contribution in [0.2, 0.25) is 5.02 Å². The number of amides is 3. The molecule has 1 aromatic carbocycles. The van der Waals surface area contributed by atoms with Crippen LogP contribution < -0.4 is 16.0 Å². The molecule has 2 rings (SSSR count). The predicted molar refractivity (Wildman–Crippen MR) is 142 cm³/mol. The lowest BCUT2D eigenvalue weighted by atomic mass is 9.97. The average Bonchev–Trinajstić information content (AvgIpc) is 3.27. The summed E-state index contributed by atoms with van der Waals surface area (Å²) in [5.41, 5.74) is 0.893. The van der Waals surface area contributed by atoms with Gasteiger partial charge in [-0.2, -0.15) is 11.8 Å². The maximum atomic E-state index is 12.9. The molecule has 0 radical (unpaired) electrons. The van der Waals surface area contributed by atoms with E-state index < -0.39 is 24.0 Å². The van der Waals surface area contributed by atoms with Gasteiger partial charge in [-0.15, -0.1) is 0 Å². The summed E-state index contributed by atoms with van der Waals surface area (Å²) in [6.45, 7) is 4.76. The topological polar surface area (TPSA) is 128 Å². The summed E-state index contributed by atoms with van der Waals surface area (Å²) in [5, 5.41) is 18.5. The summed E-state index contributed by atoms with van der Waals surface area (Å²) in [4.78, 5) is 50.8. The van der Waals surface area contributed by atoms with E-state index in [-0.39, 0.29) is 30.3 Å². The maximum absolute atomic E-state index is 12.9. The molecule has 1 aromatic rings. The third kappa shape index (κ3) is 9.99. The molecule has 1 fully saturated rings. The van der Waals surface area contributed by atoms with Crippen LogP contribution in [-0.4, -0.2) is 76.9 Å². The summed E-state index contributed by atoms with van der Waals surface area (Å²) in [6.07, 6.45) is 3.80. The molecule has 0 unspecified atom stereocenters. The Bertz CT molecular complexity index is 918. The summed E-state index contributed by atoms with van der Waals surface area (Å²) in [5.74, 6) is -1.12. The molecule has 9 nitrogen and oxygen atoms in total. The van der Waals surface area contributed by atoms with Crippen LogP contribution in [0, 0.1) is 5.92 Å². The van der Waals surface area contributed by atoms with Crippen LogP contribution in [0.3, 0.4) is 0 Å². The second-order valence-electron chi connectivity index (χ2n) is 9.20. The molecule has 11 heteroatoms. The third-order valence-corrected chi connectivity index (χ3v) is 7.21. The lowest BCUT2D eigenvalue weighted by Gasteiger charge is -2.32. The molecular formula is C25H37ClN4O5S. The number of carbonyl (C=O) groups excluding carboxylic acids is 3. The SMILES string of the molecule is CC[C@H](C)[C@@H](CN(CC(=O)N[C@@H](CCSC)C(=O)O)Cc1cccc(Cl)c1)NC(=O)[C@@H]1CCC(=O)N1. The number of thioether (sulfide) groups is 1. The van der Waals surface area contributed by atoms with E-state index in [0.29, 0.717) is 43.1 Å². The van der Waals surface area contributed by atoms with Crippen molar-refractivity contribution in [3.05, 3.63) is 34.9 Å². The molecule has 200 valence electrons. The first-order chi connectivity index (χ1) is 17.1. The summed E-state index contributed by atoms with van der Waals surface area (Å²) >= 11 is 7.68. The van der Waals surface area contributed by atoms with Crippen LogP contribution in [-0.2, 0) is 25.7 Å². The van der Waals surface area contributed by atoms with Crippen molar-refractivity contribution in [1.82, 2.24) is 20.9 Å². The number of hydrogen-bond donors (Lipinski definition) is 4. The van der Waals surface area contributed by atoms with Crippen LogP contribution in [0.4, 0.5) is 0 Å². The number of carboxylic acid groups (broad SMARTS) is 1. The highest BCUT2D eigenvalue weighted by Gasteiger charge is 2.31. The standard InChI is InChI=1S/C25H37ClN4O5S/c1-4-16(2)21(29-24(33)19-8-9-22(31)27-19)14-30(13-17-6-5-7-18(26)12-17)15-23(32)28-20(25(34)35)10-11-36-3/h5-7,12,16,19-21H,4,8-11,13-15H2,1-3H3,(H,27,31)(H,28,32)(H,29,33)(H,34,35)/t16-,19-,20-,21+/m0/s1. The van der Waals surface area contributed by atoms with Crippen LogP contribution in [0.25, 0.3) is 0 Å². The molecule has 1 saturated heterocycles. The fourth-order valence-electron chi connectivity index (χ4n) is 4.04. The minimum atomic E-state index is -1.07. The lowest BCUT2D eigenvalue weighted by molar-refractivity contribution is -0.142. The van der Waals surface area contributed by atoms with Gasteiger partial charge in [-0.3, -0.25) is 19.3 Å². The number of carboxylic acids is 1. The first-order valence-corrected chi connectivity index (χ1v) is 14.0. The van der Waals surface area contributed by atoms with Crippen molar-refractivity contribution in [1.29, 1.82) is 0 Å². The zero-order valence-electron chi connectivity index (χ0n) is 21.1. The number of rotatable bonds is 15. The number of halogens is 1. The lowest BCUT2D eigenvalue weighted by Crippen LogP contribution is -2.53. The summed E-state index contributed by atoms with van der Waals surface area (Å²) < 4.78 is 0. The minimum absolute atomic E-state index is 0.0431. The molecule has 4 N–H and O–H groups in total. The van der Waals surface area contributed by atoms with Crippen molar-refractivity contribution in [2.75, 3.05) is 25.1 Å². The van der Waals surface area contributed by atoms with Crippen LogP contribution in [0.1, 0.15) is 45.1 Å². The first kappa shape index (κ1) is 29.9. The van der Waals surface area contributed by atoms with Crippen LogP contribution in [0.15, 0.2) is 24.3 Å². The van der Waals surface area contributed by atoms with Gasteiger partial charge >= 0.3 is 5.97 Å². The average molecular weight is 541 g/mol. The van der Waals surface area contributed by atoms with Crippen molar-refractivity contribution in [3.63, 3.8) is 0 Å². The number of hydrogen-bond acceptors (Lipinski definition) is 6. The zero-order valence-corrected chi connectivity index (χ0v) is 22.7. The van der Waals surface area contributed by atoms with E-state index in [9.17, 15) is 24.3 Å². The van der Waals surface area contributed by atoms with Crippen LogP contribution >= 0.6 is 23.4 Å². The minimum Gasteiger partial charge on any atom is -0.480 e. The molecule has 0 saturated carbocycles. The highest BCUT2D eigenvalue weighted by molar-refractivity contribution is 7.98.